The fraction of sp³-hybridized carbons (Fsp3) is 0.143. The molecule has 0 aliphatic heterocycles. The number of aromatic nitrogens is 2. The Kier molecular flexibility index (Phi) is 6.38. The number of carbonyl (C=O) groups is 2. The standard InChI is InChI=1S/C21H17FN4O6/c1-12-10-18(27)19(24-25(12)15-6-4-3-5-7-15)21(29)32-13(2)20(28)23-14-8-9-16(22)17(11-14)26(30)31/h3-11,13H,1-2H3,(H,23,28). The summed E-state index contributed by atoms with van der Waals surface area (Å²) in [6, 6.07) is 12.8. The first kappa shape index (κ1) is 22.3. The van der Waals surface area contributed by atoms with E-state index in [0.29, 0.717) is 11.4 Å². The largest absolute Gasteiger partial charge is 0.448 e. The van der Waals surface area contributed by atoms with Crippen LogP contribution in [0, 0.1) is 22.9 Å². The van der Waals surface area contributed by atoms with E-state index in [-0.39, 0.29) is 5.69 Å². The lowest BCUT2D eigenvalue weighted by Crippen LogP contribution is -2.32. The summed E-state index contributed by atoms with van der Waals surface area (Å²) >= 11 is 0. The highest BCUT2D eigenvalue weighted by molar-refractivity contribution is 5.97. The lowest BCUT2D eigenvalue weighted by atomic mass is 10.2. The van der Waals surface area contributed by atoms with Gasteiger partial charge in [-0.3, -0.25) is 19.7 Å². The third kappa shape index (κ3) is 4.83. The lowest BCUT2D eigenvalue weighted by molar-refractivity contribution is -0.387. The number of halogens is 1. The van der Waals surface area contributed by atoms with Crippen molar-refractivity contribution < 1.29 is 23.6 Å². The molecule has 0 radical (unpaired) electrons. The normalized spacial score (nSPS) is 11.5. The van der Waals surface area contributed by atoms with E-state index >= 15 is 0 Å². The first-order valence-electron chi connectivity index (χ1n) is 9.29. The average molecular weight is 440 g/mol. The van der Waals surface area contributed by atoms with Gasteiger partial charge in [0.25, 0.3) is 5.91 Å². The number of para-hydroxylation sites is 1. The number of nitrogens with one attached hydrogen (secondary N) is 1. The van der Waals surface area contributed by atoms with Crippen LogP contribution in [0.2, 0.25) is 0 Å². The van der Waals surface area contributed by atoms with E-state index < -0.39 is 45.5 Å². The lowest BCUT2D eigenvalue weighted by Gasteiger charge is -2.14. The second-order valence-corrected chi connectivity index (χ2v) is 6.71. The number of aryl methyl sites for hydroxylation is 1. The van der Waals surface area contributed by atoms with E-state index in [0.717, 1.165) is 18.2 Å². The Morgan fingerprint density at radius 2 is 1.88 bits per heavy atom. The van der Waals surface area contributed by atoms with Crippen molar-refractivity contribution in [2.45, 2.75) is 20.0 Å². The first-order chi connectivity index (χ1) is 15.2. The molecule has 2 aromatic carbocycles. The number of nitrogens with zero attached hydrogens (tertiary/aromatic N) is 3. The van der Waals surface area contributed by atoms with E-state index in [4.69, 9.17) is 4.74 Å². The number of hydrogen-bond acceptors (Lipinski definition) is 7. The molecule has 1 unspecified atom stereocenters. The maximum Gasteiger partial charge on any atom is 0.363 e. The quantitative estimate of drug-likeness (QED) is 0.354. The van der Waals surface area contributed by atoms with Gasteiger partial charge in [-0.25, -0.2) is 9.48 Å². The molecular formula is C21H17FN4O6. The molecule has 0 fully saturated rings. The molecule has 0 aliphatic carbocycles. The maximum absolute atomic E-state index is 13.4. The van der Waals surface area contributed by atoms with Gasteiger partial charge in [0.15, 0.2) is 6.10 Å². The summed E-state index contributed by atoms with van der Waals surface area (Å²) in [6.07, 6.45) is -1.38. The van der Waals surface area contributed by atoms with Crippen LogP contribution < -0.4 is 10.7 Å². The predicted octanol–water partition coefficient (Wildman–Crippen LogP) is 2.77. The molecule has 0 saturated heterocycles. The van der Waals surface area contributed by atoms with Crippen molar-refractivity contribution in [2.75, 3.05) is 5.32 Å². The highest BCUT2D eigenvalue weighted by Gasteiger charge is 2.24. The van der Waals surface area contributed by atoms with Gasteiger partial charge in [-0.05, 0) is 38.1 Å². The molecule has 1 N–H and O–H groups in total. The van der Waals surface area contributed by atoms with Crippen molar-refractivity contribution in [1.82, 2.24) is 9.78 Å². The predicted molar refractivity (Wildman–Crippen MR) is 111 cm³/mol. The van der Waals surface area contributed by atoms with E-state index in [9.17, 15) is 28.9 Å². The van der Waals surface area contributed by atoms with Gasteiger partial charge in [0.2, 0.25) is 16.9 Å². The molecule has 11 heteroatoms. The zero-order valence-electron chi connectivity index (χ0n) is 16.9. The van der Waals surface area contributed by atoms with Crippen molar-refractivity contribution in [3.8, 4) is 5.69 Å². The number of nitro groups is 1. The Hall–Kier alpha value is -4.41. The fourth-order valence-corrected chi connectivity index (χ4v) is 2.76. The number of anilines is 1. The number of benzene rings is 2. The van der Waals surface area contributed by atoms with Crippen molar-refractivity contribution >= 4 is 23.3 Å². The summed E-state index contributed by atoms with van der Waals surface area (Å²) in [7, 11) is 0. The fourth-order valence-electron chi connectivity index (χ4n) is 2.76. The van der Waals surface area contributed by atoms with Gasteiger partial charge >= 0.3 is 11.7 Å². The van der Waals surface area contributed by atoms with Gasteiger partial charge in [-0.15, -0.1) is 0 Å². The molecule has 0 spiro atoms. The van der Waals surface area contributed by atoms with E-state index in [1.165, 1.54) is 17.7 Å². The van der Waals surface area contributed by atoms with Crippen molar-refractivity contribution in [3.05, 3.63) is 92.1 Å². The first-order valence-corrected chi connectivity index (χ1v) is 9.29. The number of carbonyl (C=O) groups excluding carboxylic acids is 2. The minimum atomic E-state index is -1.38. The number of hydrogen-bond donors (Lipinski definition) is 1. The molecule has 3 aromatic rings. The third-order valence-corrected chi connectivity index (χ3v) is 4.36. The van der Waals surface area contributed by atoms with Crippen LogP contribution in [0.5, 0.6) is 0 Å². The summed E-state index contributed by atoms with van der Waals surface area (Å²) in [5.41, 5.74) is -0.981. The van der Waals surface area contributed by atoms with Gasteiger partial charge in [0, 0.05) is 23.5 Å². The van der Waals surface area contributed by atoms with E-state index in [1.54, 1.807) is 37.3 Å². The highest BCUT2D eigenvalue weighted by atomic mass is 19.1. The van der Waals surface area contributed by atoms with Crippen LogP contribution in [0.3, 0.4) is 0 Å². The average Bonchev–Trinajstić information content (AvgIpc) is 2.75. The van der Waals surface area contributed by atoms with Gasteiger partial charge in [-0.2, -0.15) is 9.49 Å². The molecule has 0 aliphatic rings. The molecular weight excluding hydrogens is 423 g/mol. The number of rotatable bonds is 6. The Morgan fingerprint density at radius 3 is 2.53 bits per heavy atom. The van der Waals surface area contributed by atoms with Crippen LogP contribution in [0.4, 0.5) is 15.8 Å². The minimum absolute atomic E-state index is 0.0640. The zero-order chi connectivity index (χ0) is 23.4. The summed E-state index contributed by atoms with van der Waals surface area (Å²) in [5.74, 6) is -3.02. The molecule has 0 saturated carbocycles. The Balaban J connectivity index is 1.77. The molecule has 0 bridgehead atoms. The van der Waals surface area contributed by atoms with Crippen LogP contribution in [-0.4, -0.2) is 32.7 Å². The summed E-state index contributed by atoms with van der Waals surface area (Å²) in [4.78, 5) is 47.0. The Labute approximate surface area is 180 Å². The van der Waals surface area contributed by atoms with Crippen molar-refractivity contribution in [1.29, 1.82) is 0 Å². The molecule has 3 rings (SSSR count). The smallest absolute Gasteiger partial charge is 0.363 e. The Bertz CT molecular complexity index is 1260. The van der Waals surface area contributed by atoms with Crippen molar-refractivity contribution in [2.24, 2.45) is 0 Å². The van der Waals surface area contributed by atoms with E-state index in [1.807, 2.05) is 0 Å². The second kappa shape index (κ2) is 9.16. The van der Waals surface area contributed by atoms with Crippen molar-refractivity contribution in [3.63, 3.8) is 0 Å². The molecule has 1 heterocycles. The van der Waals surface area contributed by atoms with Gasteiger partial charge in [0.1, 0.15) is 0 Å². The van der Waals surface area contributed by atoms with Crippen LogP contribution >= 0.6 is 0 Å². The number of ether oxygens (including phenoxy) is 1. The van der Waals surface area contributed by atoms with Gasteiger partial charge in [-0.1, -0.05) is 18.2 Å². The molecule has 32 heavy (non-hydrogen) atoms. The second-order valence-electron chi connectivity index (χ2n) is 6.71. The summed E-state index contributed by atoms with van der Waals surface area (Å²) in [6.45, 7) is 2.89. The van der Waals surface area contributed by atoms with Crippen LogP contribution in [0.1, 0.15) is 23.1 Å². The third-order valence-electron chi connectivity index (χ3n) is 4.36. The van der Waals surface area contributed by atoms with Crippen LogP contribution in [0.15, 0.2) is 59.4 Å². The molecule has 164 valence electrons. The van der Waals surface area contributed by atoms with E-state index in [2.05, 4.69) is 10.4 Å². The Morgan fingerprint density at radius 1 is 1.19 bits per heavy atom. The monoisotopic (exact) mass is 440 g/mol. The highest BCUT2D eigenvalue weighted by Crippen LogP contribution is 2.22. The topological polar surface area (TPSA) is 133 Å². The maximum atomic E-state index is 13.4. The minimum Gasteiger partial charge on any atom is -0.448 e. The van der Waals surface area contributed by atoms with Gasteiger partial charge in [0.05, 0.1) is 10.6 Å². The summed E-state index contributed by atoms with van der Waals surface area (Å²) < 4.78 is 19.9. The number of nitro benzene ring substituents is 1. The number of amides is 1. The summed E-state index contributed by atoms with van der Waals surface area (Å²) in [5, 5.41) is 17.2. The van der Waals surface area contributed by atoms with Crippen LogP contribution in [-0.2, 0) is 9.53 Å². The molecule has 1 amide bonds. The molecule has 1 atom stereocenters. The zero-order valence-corrected chi connectivity index (χ0v) is 16.9. The van der Waals surface area contributed by atoms with Crippen LogP contribution in [0.25, 0.3) is 5.69 Å². The number of esters is 1. The van der Waals surface area contributed by atoms with Gasteiger partial charge < -0.3 is 10.1 Å². The molecule has 1 aromatic heterocycles. The SMILES string of the molecule is Cc1cc(=O)c(C(=O)OC(C)C(=O)Nc2ccc(F)c([N+](=O)[O-])c2)nn1-c1ccccc1. The molecule has 10 nitrogen and oxygen atoms in total.